The van der Waals surface area contributed by atoms with Gasteiger partial charge in [-0.3, -0.25) is 4.79 Å². The highest BCUT2D eigenvalue weighted by molar-refractivity contribution is 6.03. The van der Waals surface area contributed by atoms with Crippen molar-refractivity contribution in [3.63, 3.8) is 0 Å². The number of amides is 1. The number of hydrogen-bond acceptors (Lipinski definition) is 5. The third-order valence-corrected chi connectivity index (χ3v) is 4.09. The standard InChI is InChI=1S/C19H20N2O5/c1-11-6-14(7-12(2)18(11)26-10-17(22)23)21-19(24)15-8-13-4-3-5-25-16(13)9-20-15/h6-9H,3-5,10H2,1-2H3,(H,21,24)(H,22,23). The highest BCUT2D eigenvalue weighted by atomic mass is 16.5. The molecule has 7 heteroatoms. The van der Waals surface area contributed by atoms with Gasteiger partial charge in [-0.25, -0.2) is 9.78 Å². The summed E-state index contributed by atoms with van der Waals surface area (Å²) in [6, 6.07) is 5.24. The van der Waals surface area contributed by atoms with Gasteiger partial charge in [0.05, 0.1) is 12.8 Å². The maximum atomic E-state index is 12.5. The van der Waals surface area contributed by atoms with E-state index in [1.807, 2.05) is 0 Å². The lowest BCUT2D eigenvalue weighted by Crippen LogP contribution is -2.16. The SMILES string of the molecule is Cc1cc(NC(=O)c2cc3c(cn2)OCCC3)cc(C)c1OCC(=O)O. The molecule has 0 fully saturated rings. The van der Waals surface area contributed by atoms with Gasteiger partial charge >= 0.3 is 5.97 Å². The quantitative estimate of drug-likeness (QED) is 0.855. The Morgan fingerprint density at radius 2 is 2.00 bits per heavy atom. The predicted octanol–water partition coefficient (Wildman–Crippen LogP) is 2.74. The van der Waals surface area contributed by atoms with Crippen molar-refractivity contribution < 1.29 is 24.2 Å². The number of carboxylic acid groups (broad SMARTS) is 1. The van der Waals surface area contributed by atoms with E-state index in [9.17, 15) is 9.59 Å². The van der Waals surface area contributed by atoms with Gasteiger partial charge in [-0.05, 0) is 61.6 Å². The van der Waals surface area contributed by atoms with Gasteiger partial charge < -0.3 is 19.9 Å². The van der Waals surface area contributed by atoms with Crippen LogP contribution < -0.4 is 14.8 Å². The normalized spacial score (nSPS) is 12.7. The molecule has 7 nitrogen and oxygen atoms in total. The largest absolute Gasteiger partial charge is 0.492 e. The number of carboxylic acids is 1. The first kappa shape index (κ1) is 17.7. The maximum absolute atomic E-state index is 12.5. The number of nitrogens with zero attached hydrogens (tertiary/aromatic N) is 1. The van der Waals surface area contributed by atoms with E-state index in [0.717, 1.165) is 35.3 Å². The Labute approximate surface area is 151 Å². The fourth-order valence-corrected chi connectivity index (χ4v) is 2.96. The number of nitrogens with one attached hydrogen (secondary N) is 1. The number of rotatable bonds is 5. The number of benzene rings is 1. The van der Waals surface area contributed by atoms with Crippen LogP contribution in [0.4, 0.5) is 5.69 Å². The van der Waals surface area contributed by atoms with Crippen LogP contribution in [0.3, 0.4) is 0 Å². The summed E-state index contributed by atoms with van der Waals surface area (Å²) in [6.45, 7) is 3.87. The first-order valence-electron chi connectivity index (χ1n) is 8.33. The molecule has 1 aliphatic heterocycles. The second-order valence-corrected chi connectivity index (χ2v) is 6.20. The van der Waals surface area contributed by atoms with Gasteiger partial charge in [-0.2, -0.15) is 0 Å². The summed E-state index contributed by atoms with van der Waals surface area (Å²) in [7, 11) is 0. The Morgan fingerprint density at radius 1 is 1.27 bits per heavy atom. The molecule has 0 bridgehead atoms. The number of aliphatic carboxylic acids is 1. The number of hydrogen-bond donors (Lipinski definition) is 2. The van der Waals surface area contributed by atoms with Crippen molar-refractivity contribution >= 4 is 17.6 Å². The van der Waals surface area contributed by atoms with Gasteiger partial charge in [-0.1, -0.05) is 0 Å². The van der Waals surface area contributed by atoms with Crippen molar-refractivity contribution in [1.29, 1.82) is 0 Å². The monoisotopic (exact) mass is 356 g/mol. The zero-order valence-electron chi connectivity index (χ0n) is 14.7. The number of aromatic nitrogens is 1. The number of fused-ring (bicyclic) bond motifs is 1. The zero-order chi connectivity index (χ0) is 18.7. The lowest BCUT2D eigenvalue weighted by atomic mass is 10.1. The zero-order valence-corrected chi connectivity index (χ0v) is 14.7. The van der Waals surface area contributed by atoms with E-state index in [1.54, 1.807) is 38.2 Å². The van der Waals surface area contributed by atoms with Crippen LogP contribution in [0.2, 0.25) is 0 Å². The Bertz CT molecular complexity index is 840. The molecule has 0 saturated heterocycles. The molecular weight excluding hydrogens is 336 g/mol. The molecule has 0 radical (unpaired) electrons. The van der Waals surface area contributed by atoms with E-state index < -0.39 is 12.6 Å². The molecule has 1 aromatic heterocycles. The second-order valence-electron chi connectivity index (χ2n) is 6.20. The third-order valence-electron chi connectivity index (χ3n) is 4.09. The number of carbonyl (C=O) groups excluding carboxylic acids is 1. The molecule has 1 amide bonds. The Hall–Kier alpha value is -3.09. The minimum Gasteiger partial charge on any atom is -0.492 e. The first-order valence-corrected chi connectivity index (χ1v) is 8.33. The van der Waals surface area contributed by atoms with E-state index in [-0.39, 0.29) is 5.91 Å². The summed E-state index contributed by atoms with van der Waals surface area (Å²) in [5.41, 5.74) is 3.40. The topological polar surface area (TPSA) is 97.8 Å². The molecule has 0 atom stereocenters. The average molecular weight is 356 g/mol. The second kappa shape index (κ2) is 7.43. The molecule has 26 heavy (non-hydrogen) atoms. The molecule has 3 rings (SSSR count). The fourth-order valence-electron chi connectivity index (χ4n) is 2.96. The van der Waals surface area contributed by atoms with Gasteiger partial charge in [0.1, 0.15) is 17.2 Å². The fraction of sp³-hybridized carbons (Fsp3) is 0.316. The molecule has 0 aliphatic carbocycles. The molecular formula is C19H20N2O5. The molecule has 1 aromatic carbocycles. The van der Waals surface area contributed by atoms with Crippen LogP contribution in [-0.4, -0.2) is 35.2 Å². The van der Waals surface area contributed by atoms with Crippen molar-refractivity contribution in [1.82, 2.24) is 4.98 Å². The Kier molecular flexibility index (Phi) is 5.06. The number of pyridine rings is 1. The number of aryl methyl sites for hydroxylation is 3. The predicted molar refractivity (Wildman–Crippen MR) is 95.1 cm³/mol. The van der Waals surface area contributed by atoms with E-state index in [1.165, 1.54) is 0 Å². The van der Waals surface area contributed by atoms with Crippen LogP contribution in [0.5, 0.6) is 11.5 Å². The molecule has 0 saturated carbocycles. The third kappa shape index (κ3) is 3.93. The number of ether oxygens (including phenoxy) is 2. The van der Waals surface area contributed by atoms with Crippen molar-refractivity contribution in [2.45, 2.75) is 26.7 Å². The van der Waals surface area contributed by atoms with Crippen LogP contribution in [0.15, 0.2) is 24.4 Å². The molecule has 0 unspecified atom stereocenters. The van der Waals surface area contributed by atoms with Crippen LogP contribution in [0.1, 0.15) is 33.6 Å². The molecule has 0 spiro atoms. The van der Waals surface area contributed by atoms with Gasteiger partial charge in [0.2, 0.25) is 0 Å². The van der Waals surface area contributed by atoms with Crippen molar-refractivity contribution in [3.05, 3.63) is 46.8 Å². The van der Waals surface area contributed by atoms with Crippen LogP contribution in [0.25, 0.3) is 0 Å². The molecule has 2 aromatic rings. The minimum atomic E-state index is -1.04. The van der Waals surface area contributed by atoms with Crippen LogP contribution in [-0.2, 0) is 11.2 Å². The van der Waals surface area contributed by atoms with E-state index in [0.29, 0.717) is 23.7 Å². The maximum Gasteiger partial charge on any atom is 0.341 e. The van der Waals surface area contributed by atoms with Gasteiger partial charge in [0.15, 0.2) is 6.61 Å². The highest BCUT2D eigenvalue weighted by Crippen LogP contribution is 2.28. The summed E-state index contributed by atoms with van der Waals surface area (Å²) < 4.78 is 10.8. The first-order chi connectivity index (χ1) is 12.4. The Morgan fingerprint density at radius 3 is 2.69 bits per heavy atom. The smallest absolute Gasteiger partial charge is 0.341 e. The van der Waals surface area contributed by atoms with Gasteiger partial charge in [0.25, 0.3) is 5.91 Å². The van der Waals surface area contributed by atoms with E-state index >= 15 is 0 Å². The molecule has 136 valence electrons. The van der Waals surface area contributed by atoms with E-state index in [2.05, 4.69) is 10.3 Å². The van der Waals surface area contributed by atoms with Crippen LogP contribution >= 0.6 is 0 Å². The lowest BCUT2D eigenvalue weighted by molar-refractivity contribution is -0.139. The summed E-state index contributed by atoms with van der Waals surface area (Å²) in [4.78, 5) is 27.3. The average Bonchev–Trinajstić information content (AvgIpc) is 2.60. The molecule has 2 N–H and O–H groups in total. The highest BCUT2D eigenvalue weighted by Gasteiger charge is 2.16. The summed E-state index contributed by atoms with van der Waals surface area (Å²) in [6.07, 6.45) is 3.38. The lowest BCUT2D eigenvalue weighted by Gasteiger charge is -2.17. The molecule has 1 aliphatic rings. The van der Waals surface area contributed by atoms with Crippen LogP contribution in [0, 0.1) is 13.8 Å². The Balaban J connectivity index is 1.76. The van der Waals surface area contributed by atoms with Crippen molar-refractivity contribution in [2.24, 2.45) is 0 Å². The summed E-state index contributed by atoms with van der Waals surface area (Å²) in [5, 5.41) is 11.6. The number of carbonyl (C=O) groups is 2. The van der Waals surface area contributed by atoms with Gasteiger partial charge in [0, 0.05) is 5.69 Å². The van der Waals surface area contributed by atoms with Crippen molar-refractivity contribution in [2.75, 3.05) is 18.5 Å². The van der Waals surface area contributed by atoms with Gasteiger partial charge in [-0.15, -0.1) is 0 Å². The van der Waals surface area contributed by atoms with Crippen molar-refractivity contribution in [3.8, 4) is 11.5 Å². The minimum absolute atomic E-state index is 0.309. The summed E-state index contributed by atoms with van der Waals surface area (Å²) >= 11 is 0. The summed E-state index contributed by atoms with van der Waals surface area (Å²) in [5.74, 6) is -0.103. The number of anilines is 1. The van der Waals surface area contributed by atoms with E-state index in [4.69, 9.17) is 14.6 Å². The molecule has 2 heterocycles.